The van der Waals surface area contributed by atoms with Gasteiger partial charge in [-0.15, -0.1) is 11.6 Å². The molecule has 15 aromatic rings. The predicted molar refractivity (Wildman–Crippen MR) is 387 cm³/mol. The Hall–Kier alpha value is -10.9. The molecule has 25 heteroatoms. The number of aromatic nitrogens is 15. The number of aryl methyl sites for hydroxylation is 5. The summed E-state index contributed by atoms with van der Waals surface area (Å²) in [6, 6.07) is 34.7. The zero-order valence-corrected chi connectivity index (χ0v) is 57.2. The standard InChI is InChI=1S/2C16H19N3O.C14H16N4O.C13H12ClN3O.C13H12N6O/c1-5-11-14(9(2)3)18-16-17-12-8-10(4)6-7-13(12)19(16)15(11)20;1-5-11-14(9(2)3)18-16-17-12-7-6-10(4)8-13(12)19(16)15(11)20;1-9-10(7-8-15-2)13(19)18-12-6-4-3-5-11(12)17-14(18)16-9;1-8-9(6-7-14)12(18)17-11-5-3-2-4-10(11)16-13(17)15-8;1-8-9(6-7-15-18-14)12(20)19-11-5-3-2-4-10(11)17-13(19)16-8/h2*6-9H,5H2,1-4H3,(H,17,18);3-6,15H,7-8H2,1-2H3,(H,16,17);2-5H,6-7H2,1H3,(H,15,16);2-5H,6-7H2,1H3,(H,16,17). The third-order valence-corrected chi connectivity index (χ3v) is 17.6. The van der Waals surface area contributed by atoms with Crippen molar-refractivity contribution in [1.29, 1.82) is 0 Å². The van der Waals surface area contributed by atoms with Gasteiger partial charge < -0.3 is 30.2 Å². The molecule has 0 bridgehead atoms. The zero-order valence-electron chi connectivity index (χ0n) is 56.4. The number of nitrogens with zero attached hydrogens (tertiary/aromatic N) is 13. The number of benzene rings is 5. The zero-order chi connectivity index (χ0) is 69.1. The molecule has 0 unspecified atom stereocenters. The van der Waals surface area contributed by atoms with Crippen LogP contribution in [0.25, 0.3) is 94.5 Å². The topological polar surface area (TPSA) is 312 Å². The molecular formula is C72H78ClN19O5. The van der Waals surface area contributed by atoms with Gasteiger partial charge in [0, 0.05) is 73.6 Å². The van der Waals surface area contributed by atoms with Crippen LogP contribution in [0.5, 0.6) is 0 Å². The number of azide groups is 1. The minimum absolute atomic E-state index is 0.0233. The molecule has 0 saturated heterocycles. The summed E-state index contributed by atoms with van der Waals surface area (Å²) in [5.74, 6) is 3.98. The number of nitrogens with one attached hydrogen (secondary N) is 6. The van der Waals surface area contributed by atoms with Crippen LogP contribution in [0.1, 0.15) is 121 Å². The fraction of sp³-hybridized carbons (Fsp3) is 0.306. The average Bonchev–Trinajstić information content (AvgIpc) is 1.67. The van der Waals surface area contributed by atoms with E-state index in [1.807, 2.05) is 165 Å². The summed E-state index contributed by atoms with van der Waals surface area (Å²) in [4.78, 5) is 104. The Morgan fingerprint density at radius 2 is 0.804 bits per heavy atom. The van der Waals surface area contributed by atoms with E-state index in [9.17, 15) is 24.0 Å². The molecule has 5 aromatic carbocycles. The van der Waals surface area contributed by atoms with Gasteiger partial charge in [-0.05, 0) is 169 Å². The Labute approximate surface area is 560 Å². The maximum absolute atomic E-state index is 12.8. The van der Waals surface area contributed by atoms with Crippen molar-refractivity contribution >= 4 is 95.7 Å². The highest BCUT2D eigenvalue weighted by Crippen LogP contribution is 2.24. The van der Waals surface area contributed by atoms with Gasteiger partial charge in [0.25, 0.3) is 27.8 Å². The lowest BCUT2D eigenvalue weighted by molar-refractivity contribution is 0.773. The number of halogens is 1. The van der Waals surface area contributed by atoms with Crippen LogP contribution < -0.4 is 33.1 Å². The number of likely N-dealkylation sites (N-methyl/N-ethyl adjacent to an activating group) is 1. The van der Waals surface area contributed by atoms with Gasteiger partial charge in [-0.1, -0.05) is 95.2 Å². The average molecular weight is 1320 g/mol. The molecule has 0 spiro atoms. The molecule has 0 aliphatic carbocycles. The lowest BCUT2D eigenvalue weighted by Crippen LogP contribution is -2.24. The van der Waals surface area contributed by atoms with Gasteiger partial charge in [0.1, 0.15) is 0 Å². The highest BCUT2D eigenvalue weighted by Gasteiger charge is 2.20. The van der Waals surface area contributed by atoms with Gasteiger partial charge in [0.05, 0.1) is 55.2 Å². The molecule has 0 radical (unpaired) electrons. The molecule has 0 amide bonds. The molecule has 0 fully saturated rings. The second kappa shape index (κ2) is 28.6. The van der Waals surface area contributed by atoms with Crippen LogP contribution in [-0.2, 0) is 32.1 Å². The number of hydrogen-bond donors (Lipinski definition) is 6. The number of alkyl halides is 1. The van der Waals surface area contributed by atoms with Crippen molar-refractivity contribution in [3.63, 3.8) is 0 Å². The van der Waals surface area contributed by atoms with Crippen molar-refractivity contribution < 1.29 is 0 Å². The monoisotopic (exact) mass is 1320 g/mol. The quantitative estimate of drug-likeness (QED) is 0.0289. The minimum Gasteiger partial charge on any atom is -0.329 e. The van der Waals surface area contributed by atoms with Crippen molar-refractivity contribution in [3.05, 3.63) is 239 Å². The molecule has 498 valence electrons. The molecule has 6 N–H and O–H groups in total. The third kappa shape index (κ3) is 13.0. The number of para-hydroxylation sites is 6. The fourth-order valence-electron chi connectivity index (χ4n) is 12.5. The maximum Gasteiger partial charge on any atom is 0.262 e. The summed E-state index contributed by atoms with van der Waals surface area (Å²) in [6.45, 7) is 23.1. The summed E-state index contributed by atoms with van der Waals surface area (Å²) < 4.78 is 8.23. The first kappa shape index (κ1) is 67.5. The van der Waals surface area contributed by atoms with E-state index in [0.29, 0.717) is 59.6 Å². The smallest absolute Gasteiger partial charge is 0.262 e. The van der Waals surface area contributed by atoms with Crippen LogP contribution in [0.4, 0.5) is 0 Å². The Balaban J connectivity index is 0.000000123. The molecular weight excluding hydrogens is 1250 g/mol. The molecule has 24 nitrogen and oxygen atoms in total. The normalized spacial score (nSPS) is 11.5. The number of aromatic amines is 5. The lowest BCUT2D eigenvalue weighted by atomic mass is 10.0. The summed E-state index contributed by atoms with van der Waals surface area (Å²) in [5.41, 5.74) is 27.3. The van der Waals surface area contributed by atoms with Gasteiger partial charge >= 0.3 is 0 Å². The molecule has 15 rings (SSSR count). The van der Waals surface area contributed by atoms with Crippen LogP contribution in [0, 0.1) is 34.6 Å². The van der Waals surface area contributed by atoms with E-state index >= 15 is 0 Å². The first-order valence-corrected chi connectivity index (χ1v) is 33.0. The van der Waals surface area contributed by atoms with Crippen LogP contribution in [0.3, 0.4) is 0 Å². The van der Waals surface area contributed by atoms with E-state index in [1.54, 1.807) is 22.0 Å². The van der Waals surface area contributed by atoms with Gasteiger partial charge in [-0.3, -0.25) is 24.0 Å². The molecule has 0 aliphatic rings. The van der Waals surface area contributed by atoms with E-state index in [0.717, 1.165) is 136 Å². The highest BCUT2D eigenvalue weighted by atomic mass is 35.5. The number of rotatable bonds is 12. The van der Waals surface area contributed by atoms with E-state index < -0.39 is 0 Å². The SMILES string of the molecule is CCc1c(C(C)C)[nH]c2nc3cc(C)ccc3n2c1=O.CCc1c(C(C)C)[nH]c2nc3ccc(C)cc3n2c1=O.CNCCc1c(C)[nH]c2nc3ccccc3n2c1=O.Cc1[nH]c2nc3ccccc3n2c(=O)c1CCCl.Cc1[nH]c2nc3ccccc3n2c(=O)c1CCN=[N+]=[N-]. The van der Waals surface area contributed by atoms with Gasteiger partial charge in [-0.25, -0.2) is 46.9 Å². The first-order chi connectivity index (χ1) is 46.7. The molecule has 0 atom stereocenters. The van der Waals surface area contributed by atoms with Crippen molar-refractivity contribution in [1.82, 2.24) is 77.2 Å². The first-order valence-electron chi connectivity index (χ1n) is 32.5. The Morgan fingerprint density at radius 1 is 0.454 bits per heavy atom. The Kier molecular flexibility index (Phi) is 19.9. The lowest BCUT2D eigenvalue weighted by Gasteiger charge is -2.11. The highest BCUT2D eigenvalue weighted by molar-refractivity contribution is 6.18. The number of fused-ring (bicyclic) bond motifs is 15. The fourth-order valence-corrected chi connectivity index (χ4v) is 12.7. The van der Waals surface area contributed by atoms with Crippen molar-refractivity contribution in [3.8, 4) is 0 Å². The second-order valence-electron chi connectivity index (χ2n) is 24.6. The van der Waals surface area contributed by atoms with Gasteiger partial charge in [0.15, 0.2) is 0 Å². The summed E-state index contributed by atoms with van der Waals surface area (Å²) in [6.07, 6.45) is 3.13. The molecule has 10 aromatic heterocycles. The van der Waals surface area contributed by atoms with Gasteiger partial charge in [-0.2, -0.15) is 0 Å². The molecule has 97 heavy (non-hydrogen) atoms. The second-order valence-corrected chi connectivity index (χ2v) is 24.9. The van der Waals surface area contributed by atoms with E-state index in [2.05, 4.69) is 92.9 Å². The third-order valence-electron chi connectivity index (χ3n) is 17.4. The van der Waals surface area contributed by atoms with Crippen LogP contribution in [0.2, 0.25) is 0 Å². The number of hydrogen-bond acceptors (Lipinski definition) is 12. The number of H-pyrrole nitrogens is 5. The Bertz CT molecular complexity index is 5850. The van der Waals surface area contributed by atoms with Crippen LogP contribution in [-0.4, -0.2) is 97.9 Å². The van der Waals surface area contributed by atoms with Crippen LogP contribution in [0.15, 0.2) is 138 Å². The summed E-state index contributed by atoms with van der Waals surface area (Å²) in [5, 5.41) is 6.55. The molecule has 0 saturated carbocycles. The van der Waals surface area contributed by atoms with Crippen molar-refractivity contribution in [2.45, 2.75) is 120 Å². The van der Waals surface area contributed by atoms with E-state index in [4.69, 9.17) is 17.1 Å². The summed E-state index contributed by atoms with van der Waals surface area (Å²) >= 11 is 5.75. The van der Waals surface area contributed by atoms with Crippen LogP contribution >= 0.6 is 11.6 Å². The number of imidazole rings is 5. The molecule has 10 heterocycles. The van der Waals surface area contributed by atoms with E-state index in [-0.39, 0.29) is 46.2 Å². The van der Waals surface area contributed by atoms with Gasteiger partial charge in [0.2, 0.25) is 28.9 Å². The predicted octanol–water partition coefficient (Wildman–Crippen LogP) is 12.2. The largest absolute Gasteiger partial charge is 0.329 e. The van der Waals surface area contributed by atoms with E-state index in [1.165, 1.54) is 0 Å². The van der Waals surface area contributed by atoms with Crippen molar-refractivity contribution in [2.24, 2.45) is 5.11 Å². The summed E-state index contributed by atoms with van der Waals surface area (Å²) in [7, 11) is 1.88. The maximum atomic E-state index is 12.8. The Morgan fingerprint density at radius 3 is 1.22 bits per heavy atom. The minimum atomic E-state index is -0.113. The van der Waals surface area contributed by atoms with Crippen molar-refractivity contribution in [2.75, 3.05) is 26.0 Å². The molecule has 0 aliphatic heterocycles.